The van der Waals surface area contributed by atoms with Gasteiger partial charge >= 0.3 is 6.09 Å². The van der Waals surface area contributed by atoms with Gasteiger partial charge in [0.15, 0.2) is 5.71 Å². The number of carbonyl (C=O) groups is 3. The number of methoxy groups -OCH3 is 1. The number of carboxylic acids is 1. The first kappa shape index (κ1) is 50.3. The number of nitro benzene ring substituents is 1. The minimum Gasteiger partial charge on any atom is -0.548 e. The van der Waals surface area contributed by atoms with E-state index in [1.54, 1.807) is 23.5 Å². The number of carboxylic acid groups (broad SMARTS) is 1. The molecular formula is C58H63N5O7S. The summed E-state index contributed by atoms with van der Waals surface area (Å²) in [6.45, 7) is 12.8. The maximum Gasteiger partial charge on any atom is 0.410 e. The van der Waals surface area contributed by atoms with E-state index in [0.717, 1.165) is 71.6 Å². The number of anilines is 1. The number of fused-ring (bicyclic) bond motifs is 5. The minimum atomic E-state index is -1.35. The first-order valence-electron chi connectivity index (χ1n) is 24.7. The topological polar surface area (TPSA) is 148 Å². The summed E-state index contributed by atoms with van der Waals surface area (Å²) in [5, 5.41) is 29.4. The zero-order valence-electron chi connectivity index (χ0n) is 41.5. The standard InChI is InChI=1S/C58H63N5O7S/c1-7-60-47-33-31-40(63(68)69)38-46(47)58(4,5)51(60)27-10-8-11-28-52-57(2,3)45-37-39(50-26-20-36-71-50)30-32-48(45)61(52)35-19-9-12-29-53(64)59-34-18-17-25-49(55(65)66)62(56(67)70-6)54-43-23-15-13-21-41(43)42-22-14-16-24-44(42)54/h8,10-11,13-16,20-24,26-28,30-33,36-38,49,54H,7,9,12,17-19,25,29,34-35H2,1-6H3,(H-,59,64,65,66). The number of amides is 2. The molecule has 0 radical (unpaired) electrons. The molecule has 3 heterocycles. The summed E-state index contributed by atoms with van der Waals surface area (Å²) in [4.78, 5) is 55.1. The highest BCUT2D eigenvalue weighted by Gasteiger charge is 2.45. The molecule has 13 heteroatoms. The molecule has 8 rings (SSSR count). The lowest BCUT2D eigenvalue weighted by atomic mass is 9.80. The quantitative estimate of drug-likeness (QED) is 0.0266. The fraction of sp³-hybridized carbons (Fsp3) is 0.345. The highest BCUT2D eigenvalue weighted by atomic mass is 32.1. The van der Waals surface area contributed by atoms with Crippen LogP contribution in [0.4, 0.5) is 21.9 Å². The van der Waals surface area contributed by atoms with Gasteiger partial charge < -0.3 is 24.9 Å². The number of carbonyl (C=O) groups excluding carboxylic acids is 3. The van der Waals surface area contributed by atoms with Crippen LogP contribution in [0, 0.1) is 10.1 Å². The Balaban J connectivity index is 0.875. The lowest BCUT2D eigenvalue weighted by Gasteiger charge is -2.37. The molecule has 4 aromatic carbocycles. The second kappa shape index (κ2) is 21.5. The van der Waals surface area contributed by atoms with Crippen molar-refractivity contribution in [3.63, 3.8) is 0 Å². The molecule has 0 fully saturated rings. The van der Waals surface area contributed by atoms with Gasteiger partial charge in [-0.25, -0.2) is 4.79 Å². The van der Waals surface area contributed by atoms with E-state index in [2.05, 4.69) is 116 Å². The highest BCUT2D eigenvalue weighted by Crippen LogP contribution is 2.50. The average molecular weight is 974 g/mol. The van der Waals surface area contributed by atoms with E-state index in [0.29, 0.717) is 25.8 Å². The number of hydrogen-bond donors (Lipinski definition) is 1. The smallest absolute Gasteiger partial charge is 0.410 e. The predicted molar refractivity (Wildman–Crippen MR) is 280 cm³/mol. The van der Waals surface area contributed by atoms with Gasteiger partial charge in [-0.05, 0) is 122 Å². The Bertz CT molecular complexity index is 2900. The SMILES string of the molecule is CCN1\C(=C/C=C/C=C/C2=[N+](CCCCCC(=O)NCCCCC(C(=O)[O-])N(C(=O)OC)C3c4ccccc4-c4ccccc43)c3ccc(-c4cccs4)cc3C2(C)C)C(C)(C)c2cc([N+](=O)[O-])ccc21. The van der Waals surface area contributed by atoms with Crippen LogP contribution in [-0.2, 0) is 25.2 Å². The molecule has 0 saturated heterocycles. The van der Waals surface area contributed by atoms with Crippen molar-refractivity contribution in [2.45, 2.75) is 102 Å². The molecule has 2 aliphatic heterocycles. The lowest BCUT2D eigenvalue weighted by molar-refractivity contribution is -0.438. The monoisotopic (exact) mass is 973 g/mol. The van der Waals surface area contributed by atoms with E-state index in [-0.39, 0.29) is 28.4 Å². The van der Waals surface area contributed by atoms with Crippen LogP contribution in [0.3, 0.4) is 0 Å². The van der Waals surface area contributed by atoms with Gasteiger partial charge in [0.25, 0.3) is 5.69 Å². The number of allylic oxidation sites excluding steroid dienone is 6. The fourth-order valence-corrected chi connectivity index (χ4v) is 11.5. The summed E-state index contributed by atoms with van der Waals surface area (Å²) in [6, 6.07) is 29.6. The van der Waals surface area contributed by atoms with Crippen LogP contribution in [0.2, 0.25) is 0 Å². The molecule has 1 atom stereocenters. The molecule has 0 bridgehead atoms. The van der Waals surface area contributed by atoms with Crippen molar-refractivity contribution < 1.29 is 33.7 Å². The number of non-ortho nitro benzene ring substituents is 1. The normalized spacial score (nSPS) is 16.3. The summed E-state index contributed by atoms with van der Waals surface area (Å²) in [5.41, 5.74) is 10.9. The van der Waals surface area contributed by atoms with Crippen LogP contribution in [0.15, 0.2) is 139 Å². The van der Waals surface area contributed by atoms with Gasteiger partial charge in [0, 0.05) is 77.4 Å². The molecule has 0 saturated carbocycles. The second-order valence-electron chi connectivity index (χ2n) is 19.4. The Morgan fingerprint density at radius 2 is 1.59 bits per heavy atom. The van der Waals surface area contributed by atoms with Gasteiger partial charge in [-0.2, -0.15) is 4.58 Å². The fourth-order valence-electron chi connectivity index (χ4n) is 10.8. The zero-order valence-corrected chi connectivity index (χ0v) is 42.3. The molecule has 0 spiro atoms. The van der Waals surface area contributed by atoms with Gasteiger partial charge in [0.05, 0.1) is 35.5 Å². The Hall–Kier alpha value is -7.12. The summed E-state index contributed by atoms with van der Waals surface area (Å²) in [6.07, 6.45) is 13.8. The van der Waals surface area contributed by atoms with E-state index in [1.807, 2.05) is 54.6 Å². The van der Waals surface area contributed by atoms with Crippen molar-refractivity contribution in [2.75, 3.05) is 31.6 Å². The molecule has 1 N–H and O–H groups in total. The second-order valence-corrected chi connectivity index (χ2v) is 20.4. The van der Waals surface area contributed by atoms with E-state index in [9.17, 15) is 29.6 Å². The van der Waals surface area contributed by atoms with E-state index >= 15 is 0 Å². The van der Waals surface area contributed by atoms with Gasteiger partial charge in [0.1, 0.15) is 6.54 Å². The van der Waals surface area contributed by atoms with Crippen molar-refractivity contribution in [3.05, 3.63) is 171 Å². The van der Waals surface area contributed by atoms with Gasteiger partial charge in [-0.15, -0.1) is 11.3 Å². The summed E-state index contributed by atoms with van der Waals surface area (Å²) >= 11 is 1.73. The highest BCUT2D eigenvalue weighted by molar-refractivity contribution is 7.13. The molecule has 3 aliphatic rings. The lowest BCUT2D eigenvalue weighted by Crippen LogP contribution is -2.52. The average Bonchev–Trinajstić information content (AvgIpc) is 4.11. The van der Waals surface area contributed by atoms with Crippen LogP contribution < -0.4 is 15.3 Å². The zero-order chi connectivity index (χ0) is 50.5. The molecule has 2 amide bonds. The number of ether oxygens (including phenoxy) is 1. The number of rotatable bonds is 20. The number of thiophene rings is 1. The number of likely N-dealkylation sites (N-methyl/N-ethyl adjacent to an activating group) is 1. The summed E-state index contributed by atoms with van der Waals surface area (Å²) in [5.74, 6) is -1.40. The minimum absolute atomic E-state index is 0.0456. The number of nitrogens with one attached hydrogen (secondary N) is 1. The summed E-state index contributed by atoms with van der Waals surface area (Å²) < 4.78 is 7.57. The number of benzene rings is 4. The Kier molecular flexibility index (Phi) is 15.2. The summed E-state index contributed by atoms with van der Waals surface area (Å²) in [7, 11) is 1.25. The first-order valence-corrected chi connectivity index (χ1v) is 25.5. The van der Waals surface area contributed by atoms with E-state index in [4.69, 9.17) is 4.74 Å². The number of nitrogens with zero attached hydrogens (tertiary/aromatic N) is 4. The van der Waals surface area contributed by atoms with Crippen LogP contribution >= 0.6 is 11.3 Å². The maximum absolute atomic E-state index is 13.3. The number of aliphatic carboxylic acids is 1. The van der Waals surface area contributed by atoms with Gasteiger partial charge in [0.2, 0.25) is 11.6 Å². The third-order valence-corrected chi connectivity index (χ3v) is 15.3. The third kappa shape index (κ3) is 10.1. The van der Waals surface area contributed by atoms with Crippen molar-refractivity contribution in [2.24, 2.45) is 0 Å². The Labute approximate surface area is 420 Å². The third-order valence-electron chi connectivity index (χ3n) is 14.4. The van der Waals surface area contributed by atoms with E-state index < -0.39 is 29.6 Å². The molecule has 1 aromatic heterocycles. The molecule has 71 heavy (non-hydrogen) atoms. The van der Waals surface area contributed by atoms with Crippen molar-refractivity contribution in [3.8, 4) is 21.6 Å². The van der Waals surface area contributed by atoms with Gasteiger partial charge in [-0.1, -0.05) is 86.7 Å². The first-order chi connectivity index (χ1) is 34.2. The molecule has 5 aromatic rings. The van der Waals surface area contributed by atoms with Crippen LogP contribution in [0.5, 0.6) is 0 Å². The molecular weight excluding hydrogens is 911 g/mol. The van der Waals surface area contributed by atoms with Crippen molar-refractivity contribution >= 4 is 52.1 Å². The van der Waals surface area contributed by atoms with Crippen LogP contribution in [0.1, 0.15) is 108 Å². The van der Waals surface area contributed by atoms with Crippen LogP contribution in [0.25, 0.3) is 21.6 Å². The molecule has 12 nitrogen and oxygen atoms in total. The van der Waals surface area contributed by atoms with Crippen LogP contribution in [-0.4, -0.2) is 70.9 Å². The Morgan fingerprint density at radius 1 is 0.859 bits per heavy atom. The van der Waals surface area contributed by atoms with Crippen molar-refractivity contribution in [1.29, 1.82) is 0 Å². The van der Waals surface area contributed by atoms with Crippen molar-refractivity contribution in [1.82, 2.24) is 10.2 Å². The van der Waals surface area contributed by atoms with E-state index in [1.165, 1.54) is 39.4 Å². The molecule has 1 aliphatic carbocycles. The predicted octanol–water partition coefficient (Wildman–Crippen LogP) is 11.3. The number of nitro groups is 1. The largest absolute Gasteiger partial charge is 0.548 e. The maximum atomic E-state index is 13.3. The Morgan fingerprint density at radius 3 is 2.25 bits per heavy atom. The number of hydrogen-bond acceptors (Lipinski definition) is 9. The van der Waals surface area contributed by atoms with Gasteiger partial charge in [-0.3, -0.25) is 19.8 Å². The number of unbranched alkanes of at least 4 members (excludes halogenated alkanes) is 3. The molecule has 368 valence electrons. The molecule has 1 unspecified atom stereocenters.